The van der Waals surface area contributed by atoms with E-state index in [2.05, 4.69) is 15.5 Å². The van der Waals surface area contributed by atoms with Gasteiger partial charge in [0.2, 0.25) is 17.6 Å². The Kier molecular flexibility index (Phi) is 5.30. The van der Waals surface area contributed by atoms with Gasteiger partial charge in [-0.3, -0.25) is 4.79 Å². The molecule has 0 fully saturated rings. The second-order valence-corrected chi connectivity index (χ2v) is 7.91. The van der Waals surface area contributed by atoms with Crippen molar-refractivity contribution in [2.24, 2.45) is 0 Å². The van der Waals surface area contributed by atoms with Crippen molar-refractivity contribution in [3.8, 4) is 10.7 Å². The van der Waals surface area contributed by atoms with Gasteiger partial charge < -0.3 is 9.84 Å². The van der Waals surface area contributed by atoms with Gasteiger partial charge in [-0.25, -0.2) is 8.42 Å². The van der Waals surface area contributed by atoms with Gasteiger partial charge in [-0.1, -0.05) is 18.1 Å². The largest absolute Gasteiger partial charge is 0.353 e. The lowest BCUT2D eigenvalue weighted by molar-refractivity contribution is -0.119. The summed E-state index contributed by atoms with van der Waals surface area (Å²) in [6, 6.07) is 3.59. The van der Waals surface area contributed by atoms with E-state index in [1.165, 1.54) is 11.3 Å². The minimum atomic E-state index is -3.65. The third-order valence-electron chi connectivity index (χ3n) is 2.92. The molecule has 120 valence electrons. The molecule has 0 unspecified atom stereocenters. The van der Waals surface area contributed by atoms with Crippen LogP contribution in [0, 0.1) is 0 Å². The first-order valence-corrected chi connectivity index (χ1v) is 9.46. The van der Waals surface area contributed by atoms with Crippen molar-refractivity contribution < 1.29 is 17.7 Å². The predicted octanol–water partition coefficient (Wildman–Crippen LogP) is 1.63. The van der Waals surface area contributed by atoms with E-state index in [-0.39, 0.29) is 11.9 Å². The molecule has 1 atom stereocenters. The van der Waals surface area contributed by atoms with Gasteiger partial charge in [0.15, 0.2) is 9.84 Å². The van der Waals surface area contributed by atoms with Gasteiger partial charge in [0, 0.05) is 6.04 Å². The minimum Gasteiger partial charge on any atom is -0.353 e. The van der Waals surface area contributed by atoms with Crippen molar-refractivity contribution in [1.82, 2.24) is 15.5 Å². The molecule has 2 rings (SSSR count). The molecule has 2 heterocycles. The van der Waals surface area contributed by atoms with E-state index >= 15 is 0 Å². The van der Waals surface area contributed by atoms with Crippen LogP contribution in [0.2, 0.25) is 0 Å². The summed E-state index contributed by atoms with van der Waals surface area (Å²) in [5.74, 6) is -1.22. The zero-order chi connectivity index (χ0) is 16.2. The third-order valence-corrected chi connectivity index (χ3v) is 5.18. The van der Waals surface area contributed by atoms with Crippen LogP contribution in [0.25, 0.3) is 10.7 Å². The van der Waals surface area contributed by atoms with Crippen LogP contribution < -0.4 is 5.32 Å². The highest BCUT2D eigenvalue weighted by molar-refractivity contribution is 7.91. The van der Waals surface area contributed by atoms with E-state index in [0.29, 0.717) is 5.82 Å². The maximum absolute atomic E-state index is 12.0. The molecule has 1 N–H and O–H groups in total. The van der Waals surface area contributed by atoms with Crippen molar-refractivity contribution in [1.29, 1.82) is 0 Å². The van der Waals surface area contributed by atoms with Crippen molar-refractivity contribution in [2.45, 2.75) is 32.1 Å². The number of hydrogen-bond donors (Lipinski definition) is 1. The fourth-order valence-electron chi connectivity index (χ4n) is 1.68. The van der Waals surface area contributed by atoms with Gasteiger partial charge in [-0.2, -0.15) is 4.98 Å². The lowest BCUT2D eigenvalue weighted by Crippen LogP contribution is -2.36. The Morgan fingerprint density at radius 3 is 2.91 bits per heavy atom. The van der Waals surface area contributed by atoms with Crippen molar-refractivity contribution in [3.05, 3.63) is 23.4 Å². The Morgan fingerprint density at radius 1 is 1.50 bits per heavy atom. The summed E-state index contributed by atoms with van der Waals surface area (Å²) in [7, 11) is -3.65. The number of rotatable bonds is 7. The molecular formula is C13H17N3O4S2. The Balaban J connectivity index is 1.99. The average Bonchev–Trinajstić information content (AvgIpc) is 3.07. The van der Waals surface area contributed by atoms with Gasteiger partial charge in [0.1, 0.15) is 11.5 Å². The maximum atomic E-state index is 12.0. The first kappa shape index (κ1) is 16.6. The van der Waals surface area contributed by atoms with E-state index in [1.807, 2.05) is 31.4 Å². The number of amides is 1. The molecule has 1 amide bonds. The smallest absolute Gasteiger partial charge is 0.242 e. The highest BCUT2D eigenvalue weighted by atomic mass is 32.2. The summed E-state index contributed by atoms with van der Waals surface area (Å²) >= 11 is 1.43. The zero-order valence-electron chi connectivity index (χ0n) is 12.3. The molecule has 22 heavy (non-hydrogen) atoms. The number of carbonyl (C=O) groups is 1. The highest BCUT2D eigenvalue weighted by Crippen LogP contribution is 2.21. The van der Waals surface area contributed by atoms with Crippen LogP contribution in [-0.2, 0) is 20.4 Å². The van der Waals surface area contributed by atoms with Gasteiger partial charge >= 0.3 is 0 Å². The molecule has 9 heteroatoms. The maximum Gasteiger partial charge on any atom is 0.242 e. The van der Waals surface area contributed by atoms with Gasteiger partial charge in [0.25, 0.3) is 0 Å². The average molecular weight is 343 g/mol. The topological polar surface area (TPSA) is 102 Å². The van der Waals surface area contributed by atoms with Crippen LogP contribution in [0.5, 0.6) is 0 Å². The van der Waals surface area contributed by atoms with Gasteiger partial charge in [-0.15, -0.1) is 11.3 Å². The Labute approximate surface area is 132 Å². The highest BCUT2D eigenvalue weighted by Gasteiger charge is 2.22. The first-order valence-electron chi connectivity index (χ1n) is 6.76. The Bertz CT molecular complexity index is 722. The normalized spacial score (nSPS) is 13.0. The summed E-state index contributed by atoms with van der Waals surface area (Å²) < 4.78 is 28.9. The van der Waals surface area contributed by atoms with E-state index in [4.69, 9.17) is 4.52 Å². The summed E-state index contributed by atoms with van der Waals surface area (Å²) in [4.78, 5) is 16.5. The molecule has 0 aliphatic rings. The zero-order valence-corrected chi connectivity index (χ0v) is 13.9. The second-order valence-electron chi connectivity index (χ2n) is 4.90. The van der Waals surface area contributed by atoms with Crippen LogP contribution in [0.1, 0.15) is 26.2 Å². The molecule has 0 aliphatic carbocycles. The third kappa shape index (κ3) is 4.63. The minimum absolute atomic E-state index is 0.0141. The Morgan fingerprint density at radius 2 is 2.27 bits per heavy atom. The van der Waals surface area contributed by atoms with Crippen LogP contribution in [-0.4, -0.2) is 36.3 Å². The molecule has 2 aromatic heterocycles. The van der Waals surface area contributed by atoms with Crippen molar-refractivity contribution >= 4 is 27.1 Å². The summed E-state index contributed by atoms with van der Waals surface area (Å²) in [6.07, 6.45) is 0.736. The van der Waals surface area contributed by atoms with E-state index in [1.54, 1.807) is 0 Å². The van der Waals surface area contributed by atoms with Crippen molar-refractivity contribution in [3.63, 3.8) is 0 Å². The number of hydrogen-bond acceptors (Lipinski definition) is 7. The number of sulfone groups is 1. The van der Waals surface area contributed by atoms with Crippen LogP contribution in [0.4, 0.5) is 0 Å². The predicted molar refractivity (Wildman–Crippen MR) is 83.0 cm³/mol. The SMILES string of the molecule is CC[C@@H](C)NC(=O)CS(=O)(=O)Cc1nc(-c2cccs2)no1. The monoisotopic (exact) mass is 343 g/mol. The summed E-state index contributed by atoms with van der Waals surface area (Å²) in [5.41, 5.74) is 0. The lowest BCUT2D eigenvalue weighted by atomic mass is 10.3. The molecule has 7 nitrogen and oxygen atoms in total. The molecule has 0 aliphatic heterocycles. The fourth-order valence-corrected chi connectivity index (χ4v) is 3.40. The molecule has 0 spiro atoms. The van der Waals surface area contributed by atoms with Crippen molar-refractivity contribution in [2.75, 3.05) is 5.75 Å². The number of carbonyl (C=O) groups excluding carboxylic acids is 1. The second kappa shape index (κ2) is 7.01. The Hall–Kier alpha value is -1.74. The fraction of sp³-hybridized carbons (Fsp3) is 0.462. The number of nitrogens with zero attached hydrogens (tertiary/aromatic N) is 2. The molecular weight excluding hydrogens is 326 g/mol. The van der Waals surface area contributed by atoms with E-state index in [0.717, 1.165) is 11.3 Å². The summed E-state index contributed by atoms with van der Waals surface area (Å²) in [5, 5.41) is 8.22. The van der Waals surface area contributed by atoms with E-state index < -0.39 is 27.3 Å². The summed E-state index contributed by atoms with van der Waals surface area (Å²) in [6.45, 7) is 3.72. The first-order chi connectivity index (χ1) is 10.4. The molecule has 0 radical (unpaired) electrons. The standard InChI is InChI=1S/C13H17N3O4S2/c1-3-9(2)14-11(17)7-22(18,19)8-12-15-13(16-20-12)10-5-4-6-21-10/h4-6,9H,3,7-8H2,1-2H3,(H,14,17)/t9-/m1/s1. The number of thiophene rings is 1. The van der Waals surface area contributed by atoms with Gasteiger partial charge in [0.05, 0.1) is 4.88 Å². The molecule has 2 aromatic rings. The van der Waals surface area contributed by atoms with Crippen LogP contribution in [0.15, 0.2) is 22.0 Å². The molecule has 0 aromatic carbocycles. The molecule has 0 saturated carbocycles. The lowest BCUT2D eigenvalue weighted by Gasteiger charge is -2.10. The van der Waals surface area contributed by atoms with Gasteiger partial charge in [-0.05, 0) is 24.8 Å². The quantitative estimate of drug-likeness (QED) is 0.820. The van der Waals surface area contributed by atoms with Crippen LogP contribution >= 0.6 is 11.3 Å². The number of nitrogens with one attached hydrogen (secondary N) is 1. The number of aromatic nitrogens is 2. The van der Waals surface area contributed by atoms with E-state index in [9.17, 15) is 13.2 Å². The molecule has 0 saturated heterocycles. The molecule has 0 bridgehead atoms. The van der Waals surface area contributed by atoms with Crippen LogP contribution in [0.3, 0.4) is 0 Å².